The number of nitrogens with zero attached hydrogens (tertiary/aromatic N) is 3. The topological polar surface area (TPSA) is 56.7 Å². The van der Waals surface area contributed by atoms with Crippen LogP contribution in [0.3, 0.4) is 0 Å². The Morgan fingerprint density at radius 2 is 2.29 bits per heavy atom. The predicted octanol–water partition coefficient (Wildman–Crippen LogP) is 1.22. The van der Waals surface area contributed by atoms with E-state index in [1.54, 1.807) is 0 Å². The summed E-state index contributed by atoms with van der Waals surface area (Å²) in [6, 6.07) is 6.71. The first-order valence-corrected chi connectivity index (χ1v) is 4.92. The zero-order valence-electron chi connectivity index (χ0n) is 7.85. The van der Waals surface area contributed by atoms with Crippen molar-refractivity contribution in [2.45, 2.75) is 25.4 Å². The molecule has 1 fully saturated rings. The van der Waals surface area contributed by atoms with Crippen LogP contribution in [-0.4, -0.2) is 15.0 Å². The lowest BCUT2D eigenvalue weighted by atomic mass is 10.2. The summed E-state index contributed by atoms with van der Waals surface area (Å²) in [5.74, 6) is 0. The van der Waals surface area contributed by atoms with Gasteiger partial charge in [0.2, 0.25) is 0 Å². The van der Waals surface area contributed by atoms with Crippen molar-refractivity contribution >= 4 is 11.0 Å². The molecule has 1 aromatic heterocycles. The molecule has 1 saturated carbocycles. The lowest BCUT2D eigenvalue weighted by Crippen LogP contribution is -1.97. The van der Waals surface area contributed by atoms with Gasteiger partial charge in [0.1, 0.15) is 5.52 Å². The summed E-state index contributed by atoms with van der Waals surface area (Å²) in [4.78, 5) is 0. The van der Waals surface area contributed by atoms with Gasteiger partial charge in [-0.1, -0.05) is 11.3 Å². The van der Waals surface area contributed by atoms with Crippen LogP contribution in [0.4, 0.5) is 0 Å². The van der Waals surface area contributed by atoms with Gasteiger partial charge in [-0.25, -0.2) is 4.68 Å². The average Bonchev–Trinajstić information content (AvgIpc) is 2.98. The monoisotopic (exact) mass is 188 g/mol. The quantitative estimate of drug-likeness (QED) is 0.771. The Bertz CT molecular complexity index is 470. The first-order chi connectivity index (χ1) is 6.88. The molecule has 4 nitrogen and oxygen atoms in total. The maximum Gasteiger partial charge on any atom is 0.113 e. The summed E-state index contributed by atoms with van der Waals surface area (Å²) in [6.45, 7) is 0.562. The summed E-state index contributed by atoms with van der Waals surface area (Å²) in [6.07, 6.45) is 2.47. The van der Waals surface area contributed by atoms with Crippen LogP contribution < -0.4 is 5.73 Å². The lowest BCUT2D eigenvalue weighted by molar-refractivity contribution is 0.630. The zero-order valence-corrected chi connectivity index (χ0v) is 7.85. The van der Waals surface area contributed by atoms with Gasteiger partial charge in [0.25, 0.3) is 0 Å². The Morgan fingerprint density at radius 3 is 3.00 bits per heavy atom. The highest BCUT2D eigenvalue weighted by atomic mass is 15.4. The minimum Gasteiger partial charge on any atom is -0.326 e. The smallest absolute Gasteiger partial charge is 0.113 e. The number of hydrogen-bond donors (Lipinski definition) is 1. The molecule has 0 saturated heterocycles. The number of hydrogen-bond acceptors (Lipinski definition) is 3. The number of rotatable bonds is 2. The Labute approximate surface area is 81.7 Å². The predicted molar refractivity (Wildman–Crippen MR) is 53.7 cm³/mol. The number of benzene rings is 1. The van der Waals surface area contributed by atoms with E-state index < -0.39 is 0 Å². The standard InChI is InChI=1S/C10H12N4/c11-6-7-1-4-10-9(5-7)12-13-14(10)8-2-3-8/h1,4-5,8H,2-3,6,11H2. The minimum atomic E-state index is 0.562. The van der Waals surface area contributed by atoms with Gasteiger partial charge in [-0.3, -0.25) is 0 Å². The molecule has 0 aliphatic heterocycles. The van der Waals surface area contributed by atoms with Gasteiger partial charge in [-0.05, 0) is 30.5 Å². The van der Waals surface area contributed by atoms with E-state index in [9.17, 15) is 0 Å². The molecule has 0 bridgehead atoms. The van der Waals surface area contributed by atoms with Crippen LogP contribution in [0, 0.1) is 0 Å². The third-order valence-corrected chi connectivity index (χ3v) is 2.66. The molecule has 0 spiro atoms. The molecule has 0 radical (unpaired) electrons. The van der Waals surface area contributed by atoms with Crippen LogP contribution in [0.25, 0.3) is 11.0 Å². The number of nitrogens with two attached hydrogens (primary N) is 1. The summed E-state index contributed by atoms with van der Waals surface area (Å²) < 4.78 is 2.02. The highest BCUT2D eigenvalue weighted by molar-refractivity contribution is 5.75. The molecule has 1 heterocycles. The molecular formula is C10H12N4. The van der Waals surface area contributed by atoms with E-state index in [0.29, 0.717) is 12.6 Å². The van der Waals surface area contributed by atoms with Gasteiger partial charge in [0.15, 0.2) is 0 Å². The molecule has 3 rings (SSSR count). The molecule has 4 heteroatoms. The van der Waals surface area contributed by atoms with Crippen LogP contribution in [0.5, 0.6) is 0 Å². The van der Waals surface area contributed by atoms with Crippen molar-refractivity contribution in [2.75, 3.05) is 0 Å². The average molecular weight is 188 g/mol. The Kier molecular flexibility index (Phi) is 1.58. The van der Waals surface area contributed by atoms with Crippen LogP contribution in [0.2, 0.25) is 0 Å². The zero-order chi connectivity index (χ0) is 9.54. The summed E-state index contributed by atoms with van der Waals surface area (Å²) >= 11 is 0. The van der Waals surface area contributed by atoms with E-state index in [0.717, 1.165) is 16.6 Å². The first kappa shape index (κ1) is 7.94. The van der Waals surface area contributed by atoms with Crippen LogP contribution in [0.15, 0.2) is 18.2 Å². The van der Waals surface area contributed by atoms with E-state index in [-0.39, 0.29) is 0 Å². The van der Waals surface area contributed by atoms with Gasteiger partial charge in [-0.2, -0.15) is 0 Å². The Morgan fingerprint density at radius 1 is 1.43 bits per heavy atom. The lowest BCUT2D eigenvalue weighted by Gasteiger charge is -1.98. The van der Waals surface area contributed by atoms with Crippen molar-refractivity contribution in [1.82, 2.24) is 15.0 Å². The molecule has 2 aromatic rings. The molecular weight excluding hydrogens is 176 g/mol. The first-order valence-electron chi connectivity index (χ1n) is 4.92. The van der Waals surface area contributed by atoms with Crippen LogP contribution in [0.1, 0.15) is 24.4 Å². The molecule has 2 N–H and O–H groups in total. The van der Waals surface area contributed by atoms with Crippen molar-refractivity contribution in [3.05, 3.63) is 23.8 Å². The molecule has 0 unspecified atom stereocenters. The van der Waals surface area contributed by atoms with Gasteiger partial charge >= 0.3 is 0 Å². The van der Waals surface area contributed by atoms with Crippen molar-refractivity contribution in [2.24, 2.45) is 5.73 Å². The highest BCUT2D eigenvalue weighted by Crippen LogP contribution is 2.36. The third kappa shape index (κ3) is 1.11. The Balaban J connectivity index is 2.17. The van der Waals surface area contributed by atoms with Crippen molar-refractivity contribution < 1.29 is 0 Å². The minimum absolute atomic E-state index is 0.562. The van der Waals surface area contributed by atoms with Crippen molar-refractivity contribution in [1.29, 1.82) is 0 Å². The molecule has 0 amide bonds. The molecule has 72 valence electrons. The fourth-order valence-electron chi connectivity index (χ4n) is 1.70. The molecule has 1 aliphatic carbocycles. The van der Waals surface area contributed by atoms with E-state index in [4.69, 9.17) is 5.73 Å². The fourth-order valence-corrected chi connectivity index (χ4v) is 1.70. The second-order valence-electron chi connectivity index (χ2n) is 3.79. The van der Waals surface area contributed by atoms with Crippen molar-refractivity contribution in [3.8, 4) is 0 Å². The Hall–Kier alpha value is -1.42. The highest BCUT2D eigenvalue weighted by Gasteiger charge is 2.26. The normalized spacial score (nSPS) is 16.4. The van der Waals surface area contributed by atoms with Crippen LogP contribution >= 0.6 is 0 Å². The van der Waals surface area contributed by atoms with Gasteiger partial charge in [-0.15, -0.1) is 5.10 Å². The van der Waals surface area contributed by atoms with Gasteiger partial charge < -0.3 is 5.73 Å². The fraction of sp³-hybridized carbons (Fsp3) is 0.400. The van der Waals surface area contributed by atoms with Gasteiger partial charge in [0.05, 0.1) is 11.6 Å². The number of fused-ring (bicyclic) bond motifs is 1. The van der Waals surface area contributed by atoms with Crippen LogP contribution in [-0.2, 0) is 6.54 Å². The number of aromatic nitrogens is 3. The summed E-state index contributed by atoms with van der Waals surface area (Å²) in [5, 5.41) is 8.30. The third-order valence-electron chi connectivity index (χ3n) is 2.66. The van der Waals surface area contributed by atoms with E-state index in [1.807, 2.05) is 16.8 Å². The largest absolute Gasteiger partial charge is 0.326 e. The molecule has 14 heavy (non-hydrogen) atoms. The maximum atomic E-state index is 5.56. The van der Waals surface area contributed by atoms with Crippen molar-refractivity contribution in [3.63, 3.8) is 0 Å². The summed E-state index contributed by atoms with van der Waals surface area (Å²) in [7, 11) is 0. The summed E-state index contributed by atoms with van der Waals surface area (Å²) in [5.41, 5.74) is 8.76. The molecule has 1 aliphatic rings. The molecule has 1 aromatic carbocycles. The second-order valence-corrected chi connectivity index (χ2v) is 3.79. The van der Waals surface area contributed by atoms with Gasteiger partial charge in [0, 0.05) is 6.54 Å². The van der Waals surface area contributed by atoms with E-state index >= 15 is 0 Å². The second kappa shape index (κ2) is 2.78. The molecule has 0 atom stereocenters. The van der Waals surface area contributed by atoms with E-state index in [1.165, 1.54) is 12.8 Å². The van der Waals surface area contributed by atoms with E-state index in [2.05, 4.69) is 16.4 Å². The maximum absolute atomic E-state index is 5.56. The SMILES string of the molecule is NCc1ccc2c(c1)nnn2C1CC1.